The van der Waals surface area contributed by atoms with Gasteiger partial charge < -0.3 is 9.84 Å². The first-order valence-corrected chi connectivity index (χ1v) is 10.7. The maximum Gasteiger partial charge on any atom is 0.124 e. The first-order valence-electron chi connectivity index (χ1n) is 10.7. The third kappa shape index (κ3) is 3.46. The SMILES string of the molecule is COc1ccc(C(C)(C)C)cc1C(CO)(c1cnc2ccccc2n1)N1CCCC1. The molecule has 1 saturated heterocycles. The molecule has 0 spiro atoms. The molecule has 1 N–H and O–H groups in total. The fraction of sp³-hybridized carbons (Fsp3) is 0.440. The van der Waals surface area contributed by atoms with Gasteiger partial charge in [0.25, 0.3) is 0 Å². The molecular weight excluding hydrogens is 374 g/mol. The van der Waals surface area contributed by atoms with E-state index in [1.165, 1.54) is 5.56 Å². The van der Waals surface area contributed by atoms with Crippen molar-refractivity contribution in [2.45, 2.75) is 44.6 Å². The summed E-state index contributed by atoms with van der Waals surface area (Å²) in [5.74, 6) is 0.763. The smallest absolute Gasteiger partial charge is 0.124 e. The average Bonchev–Trinajstić information content (AvgIpc) is 3.29. The molecule has 3 aromatic rings. The van der Waals surface area contributed by atoms with Crippen molar-refractivity contribution in [3.8, 4) is 5.75 Å². The summed E-state index contributed by atoms with van der Waals surface area (Å²) in [7, 11) is 1.69. The van der Waals surface area contributed by atoms with Crippen LogP contribution in [0.15, 0.2) is 48.7 Å². The number of benzene rings is 2. The summed E-state index contributed by atoms with van der Waals surface area (Å²) in [5, 5.41) is 11.0. The van der Waals surface area contributed by atoms with Gasteiger partial charge >= 0.3 is 0 Å². The molecular formula is C25H31N3O2. The summed E-state index contributed by atoms with van der Waals surface area (Å²) in [5.41, 5.74) is 3.76. The van der Waals surface area contributed by atoms with Gasteiger partial charge in [0.2, 0.25) is 0 Å². The molecule has 4 rings (SSSR count). The molecule has 158 valence electrons. The normalized spacial score (nSPS) is 17.2. The molecule has 0 radical (unpaired) electrons. The molecule has 1 aromatic heterocycles. The highest BCUT2D eigenvalue weighted by Gasteiger charge is 2.45. The van der Waals surface area contributed by atoms with Crippen molar-refractivity contribution in [2.75, 3.05) is 26.8 Å². The molecule has 1 aliphatic heterocycles. The number of nitrogens with zero attached hydrogens (tertiary/aromatic N) is 3. The number of hydrogen-bond donors (Lipinski definition) is 1. The van der Waals surface area contributed by atoms with Crippen LogP contribution in [0.3, 0.4) is 0 Å². The Morgan fingerprint density at radius 1 is 1.03 bits per heavy atom. The van der Waals surface area contributed by atoms with Crippen molar-refractivity contribution in [1.29, 1.82) is 0 Å². The number of fused-ring (bicyclic) bond motifs is 1. The van der Waals surface area contributed by atoms with Crippen molar-refractivity contribution < 1.29 is 9.84 Å². The number of aliphatic hydroxyl groups excluding tert-OH is 1. The molecule has 1 aliphatic rings. The van der Waals surface area contributed by atoms with E-state index >= 15 is 0 Å². The molecule has 0 aliphatic carbocycles. The van der Waals surface area contributed by atoms with Gasteiger partial charge in [-0.1, -0.05) is 39.0 Å². The van der Waals surface area contributed by atoms with Crippen LogP contribution in [-0.2, 0) is 11.0 Å². The van der Waals surface area contributed by atoms with Gasteiger partial charge in [0.05, 0.1) is 36.6 Å². The van der Waals surface area contributed by atoms with Gasteiger partial charge in [-0.2, -0.15) is 0 Å². The summed E-state index contributed by atoms with van der Waals surface area (Å²) in [4.78, 5) is 12.0. The highest BCUT2D eigenvalue weighted by Crippen LogP contribution is 2.43. The van der Waals surface area contributed by atoms with Gasteiger partial charge in [0, 0.05) is 5.56 Å². The molecule has 0 amide bonds. The van der Waals surface area contributed by atoms with Crippen molar-refractivity contribution in [2.24, 2.45) is 0 Å². The Bertz CT molecular complexity index is 1040. The van der Waals surface area contributed by atoms with Gasteiger partial charge in [0.1, 0.15) is 11.3 Å². The van der Waals surface area contributed by atoms with Gasteiger partial charge in [0.15, 0.2) is 0 Å². The Morgan fingerprint density at radius 2 is 1.73 bits per heavy atom. The number of aromatic nitrogens is 2. The fourth-order valence-corrected chi connectivity index (χ4v) is 4.49. The topological polar surface area (TPSA) is 58.5 Å². The minimum atomic E-state index is -0.805. The first kappa shape index (κ1) is 20.8. The van der Waals surface area contributed by atoms with Gasteiger partial charge in [-0.15, -0.1) is 0 Å². The highest BCUT2D eigenvalue weighted by molar-refractivity contribution is 5.74. The standard InChI is InChI=1S/C25H31N3O2/c1-24(2,3)18-11-12-22(30-4)19(15-18)25(17-29,28-13-7-8-14-28)23-16-26-20-9-5-6-10-21(20)27-23/h5-6,9-12,15-16,29H,7-8,13-14,17H2,1-4H3. The third-order valence-electron chi connectivity index (χ3n) is 6.26. The van der Waals surface area contributed by atoms with E-state index in [4.69, 9.17) is 9.72 Å². The molecule has 0 saturated carbocycles. The van der Waals surface area contributed by atoms with E-state index in [1.54, 1.807) is 7.11 Å². The Hall–Kier alpha value is -2.50. The van der Waals surface area contributed by atoms with Crippen LogP contribution < -0.4 is 4.74 Å². The second-order valence-corrected chi connectivity index (χ2v) is 9.12. The summed E-state index contributed by atoms with van der Waals surface area (Å²) in [6, 6.07) is 14.2. The van der Waals surface area contributed by atoms with E-state index in [1.807, 2.05) is 36.5 Å². The predicted molar refractivity (Wildman–Crippen MR) is 120 cm³/mol. The average molecular weight is 406 g/mol. The summed E-state index contributed by atoms with van der Waals surface area (Å²) in [6.07, 6.45) is 4.02. The Kier molecular flexibility index (Phi) is 5.51. The maximum atomic E-state index is 11.0. The second-order valence-electron chi connectivity index (χ2n) is 9.12. The van der Waals surface area contributed by atoms with Gasteiger partial charge in [-0.25, -0.2) is 4.98 Å². The molecule has 30 heavy (non-hydrogen) atoms. The van der Waals surface area contributed by atoms with E-state index in [0.29, 0.717) is 0 Å². The molecule has 1 unspecified atom stereocenters. The van der Waals surface area contributed by atoms with E-state index in [0.717, 1.165) is 54.0 Å². The molecule has 1 atom stereocenters. The van der Waals surface area contributed by atoms with Crippen LogP contribution >= 0.6 is 0 Å². The van der Waals surface area contributed by atoms with E-state index in [9.17, 15) is 5.11 Å². The maximum absolute atomic E-state index is 11.0. The van der Waals surface area contributed by atoms with Crippen LogP contribution in [0.1, 0.15) is 50.4 Å². The van der Waals surface area contributed by atoms with E-state index < -0.39 is 5.54 Å². The summed E-state index contributed by atoms with van der Waals surface area (Å²) >= 11 is 0. The van der Waals surface area contributed by atoms with Crippen LogP contribution in [0, 0.1) is 0 Å². The lowest BCUT2D eigenvalue weighted by Gasteiger charge is -2.41. The number of rotatable bonds is 5. The molecule has 0 bridgehead atoms. The molecule has 5 nitrogen and oxygen atoms in total. The minimum absolute atomic E-state index is 0.0255. The predicted octanol–water partition coefficient (Wildman–Crippen LogP) is 4.27. The van der Waals surface area contributed by atoms with Crippen molar-refractivity contribution in [3.05, 3.63) is 65.5 Å². The van der Waals surface area contributed by atoms with Crippen LogP contribution in [0.25, 0.3) is 11.0 Å². The Morgan fingerprint density at radius 3 is 2.37 bits per heavy atom. The molecule has 1 fully saturated rings. The number of aliphatic hydroxyl groups is 1. The zero-order valence-electron chi connectivity index (χ0n) is 18.4. The summed E-state index contributed by atoms with van der Waals surface area (Å²) in [6.45, 7) is 8.31. The lowest BCUT2D eigenvalue weighted by molar-refractivity contribution is 0.0721. The zero-order chi connectivity index (χ0) is 21.4. The van der Waals surface area contributed by atoms with E-state index in [2.05, 4.69) is 42.8 Å². The molecule has 2 heterocycles. The zero-order valence-corrected chi connectivity index (χ0v) is 18.4. The van der Waals surface area contributed by atoms with Crippen molar-refractivity contribution in [1.82, 2.24) is 14.9 Å². The van der Waals surface area contributed by atoms with E-state index in [-0.39, 0.29) is 12.0 Å². The van der Waals surface area contributed by atoms with Crippen LogP contribution in [-0.4, -0.2) is 46.8 Å². The lowest BCUT2D eigenvalue weighted by Crippen LogP contribution is -2.49. The number of methoxy groups -OCH3 is 1. The number of para-hydroxylation sites is 2. The van der Waals surface area contributed by atoms with Crippen LogP contribution in [0.5, 0.6) is 5.75 Å². The second kappa shape index (κ2) is 7.97. The van der Waals surface area contributed by atoms with Gasteiger partial charge in [-0.3, -0.25) is 9.88 Å². The highest BCUT2D eigenvalue weighted by atomic mass is 16.5. The van der Waals surface area contributed by atoms with Crippen LogP contribution in [0.4, 0.5) is 0 Å². The third-order valence-corrected chi connectivity index (χ3v) is 6.26. The summed E-state index contributed by atoms with van der Waals surface area (Å²) < 4.78 is 5.80. The Balaban J connectivity index is 2.01. The molecule has 2 aromatic carbocycles. The monoisotopic (exact) mass is 405 g/mol. The molecule has 5 heteroatoms. The Labute approximate surface area is 178 Å². The fourth-order valence-electron chi connectivity index (χ4n) is 4.49. The lowest BCUT2D eigenvalue weighted by atomic mass is 9.79. The minimum Gasteiger partial charge on any atom is -0.496 e. The van der Waals surface area contributed by atoms with Crippen LogP contribution in [0.2, 0.25) is 0 Å². The number of likely N-dealkylation sites (tertiary alicyclic amines) is 1. The quantitative estimate of drug-likeness (QED) is 0.687. The first-order chi connectivity index (χ1) is 14.4. The number of ether oxygens (including phenoxy) is 1. The number of hydrogen-bond acceptors (Lipinski definition) is 5. The van der Waals surface area contributed by atoms with Gasteiger partial charge in [-0.05, 0) is 61.2 Å². The van der Waals surface area contributed by atoms with Crippen molar-refractivity contribution >= 4 is 11.0 Å². The largest absolute Gasteiger partial charge is 0.496 e. The van der Waals surface area contributed by atoms with Crippen molar-refractivity contribution in [3.63, 3.8) is 0 Å².